The predicted octanol–water partition coefficient (Wildman–Crippen LogP) is 4.36. The van der Waals surface area contributed by atoms with Crippen LogP contribution in [0.15, 0.2) is 30.3 Å². The maximum atomic E-state index is 13.7. The molecule has 110 valence electrons. The molecule has 0 amide bonds. The maximum Gasteiger partial charge on any atom is 0.170 e. The fraction of sp³-hybridized carbons (Fsp3) is 0.188. The molecule has 21 heavy (non-hydrogen) atoms. The van der Waals surface area contributed by atoms with Crippen LogP contribution < -0.4 is 4.74 Å². The van der Waals surface area contributed by atoms with Crippen molar-refractivity contribution in [2.75, 3.05) is 7.11 Å². The summed E-state index contributed by atoms with van der Waals surface area (Å²) >= 11 is 5.89. The van der Waals surface area contributed by atoms with Gasteiger partial charge in [0.2, 0.25) is 0 Å². The number of ether oxygens (including phenoxy) is 1. The second-order valence-electron chi connectivity index (χ2n) is 4.64. The van der Waals surface area contributed by atoms with Crippen LogP contribution in [0.2, 0.25) is 5.02 Å². The van der Waals surface area contributed by atoms with Crippen molar-refractivity contribution in [1.29, 1.82) is 0 Å². The van der Waals surface area contributed by atoms with Crippen molar-refractivity contribution in [3.8, 4) is 5.75 Å². The number of ketones is 1. The third kappa shape index (κ3) is 3.39. The molecule has 0 aliphatic heterocycles. The van der Waals surface area contributed by atoms with Crippen LogP contribution in [0.3, 0.4) is 0 Å². The zero-order valence-corrected chi connectivity index (χ0v) is 12.3. The van der Waals surface area contributed by atoms with Crippen LogP contribution in [-0.4, -0.2) is 12.9 Å². The number of aryl methyl sites for hydroxylation is 1. The second-order valence-corrected chi connectivity index (χ2v) is 5.07. The van der Waals surface area contributed by atoms with E-state index in [0.29, 0.717) is 16.3 Å². The second kappa shape index (κ2) is 6.22. The Labute approximate surface area is 126 Å². The van der Waals surface area contributed by atoms with E-state index in [1.54, 1.807) is 18.2 Å². The first kappa shape index (κ1) is 15.4. The highest BCUT2D eigenvalue weighted by Crippen LogP contribution is 2.25. The zero-order chi connectivity index (χ0) is 15.6. The van der Waals surface area contributed by atoms with Gasteiger partial charge >= 0.3 is 0 Å². The number of rotatable bonds is 4. The summed E-state index contributed by atoms with van der Waals surface area (Å²) in [5.41, 5.74) is 0.630. The van der Waals surface area contributed by atoms with E-state index in [0.717, 1.165) is 6.07 Å². The summed E-state index contributed by atoms with van der Waals surface area (Å²) in [6.07, 6.45) is -0.0777. The van der Waals surface area contributed by atoms with Crippen molar-refractivity contribution in [3.63, 3.8) is 0 Å². The van der Waals surface area contributed by atoms with Gasteiger partial charge in [0, 0.05) is 23.1 Å². The molecule has 0 aromatic heterocycles. The molecular formula is C16H13ClF2O2. The molecule has 0 bridgehead atoms. The highest BCUT2D eigenvalue weighted by molar-refractivity contribution is 6.30. The molecule has 2 aromatic rings. The monoisotopic (exact) mass is 310 g/mol. The zero-order valence-electron chi connectivity index (χ0n) is 11.5. The normalized spacial score (nSPS) is 10.5. The lowest BCUT2D eigenvalue weighted by atomic mass is 10.00. The van der Waals surface area contributed by atoms with Crippen molar-refractivity contribution in [1.82, 2.24) is 0 Å². The Hall–Kier alpha value is -1.94. The first-order valence-corrected chi connectivity index (χ1v) is 6.61. The molecule has 0 saturated carbocycles. The van der Waals surface area contributed by atoms with Crippen LogP contribution in [0.25, 0.3) is 0 Å². The molecule has 0 N–H and O–H groups in total. The molecule has 2 nitrogen and oxygen atoms in total. The van der Waals surface area contributed by atoms with Gasteiger partial charge in [0.25, 0.3) is 0 Å². The van der Waals surface area contributed by atoms with E-state index in [2.05, 4.69) is 0 Å². The molecule has 0 aliphatic rings. The molecule has 2 aromatic carbocycles. The average Bonchev–Trinajstić information content (AvgIpc) is 2.43. The number of hydrogen-bond acceptors (Lipinski definition) is 2. The summed E-state index contributed by atoms with van der Waals surface area (Å²) in [7, 11) is 1.47. The lowest BCUT2D eigenvalue weighted by Crippen LogP contribution is -2.08. The van der Waals surface area contributed by atoms with Gasteiger partial charge in [-0.25, -0.2) is 8.78 Å². The summed E-state index contributed by atoms with van der Waals surface area (Å²) in [5.74, 6) is -1.52. The lowest BCUT2D eigenvalue weighted by Gasteiger charge is -2.09. The highest BCUT2D eigenvalue weighted by Gasteiger charge is 2.17. The van der Waals surface area contributed by atoms with Crippen molar-refractivity contribution in [3.05, 3.63) is 63.7 Å². The standard InChI is InChI=1S/C16H13ClF2O2/c1-9-5-12(14(19)8-13(9)18)15(20)7-10-6-11(17)3-4-16(10)21-2/h3-6,8H,7H2,1-2H3. The van der Waals surface area contributed by atoms with E-state index < -0.39 is 17.4 Å². The third-order valence-electron chi connectivity index (χ3n) is 3.14. The number of Topliss-reactive ketones (excluding diaryl/α,β-unsaturated/α-hetero) is 1. The molecular weight excluding hydrogens is 298 g/mol. The summed E-state index contributed by atoms with van der Waals surface area (Å²) < 4.78 is 32.1. The number of benzene rings is 2. The van der Waals surface area contributed by atoms with Gasteiger partial charge in [0.15, 0.2) is 5.78 Å². The van der Waals surface area contributed by atoms with Gasteiger partial charge in [-0.05, 0) is 36.8 Å². The van der Waals surface area contributed by atoms with E-state index in [9.17, 15) is 13.6 Å². The third-order valence-corrected chi connectivity index (χ3v) is 3.38. The molecule has 0 fully saturated rings. The number of carbonyl (C=O) groups excluding carboxylic acids is 1. The van der Waals surface area contributed by atoms with Crippen LogP contribution in [0, 0.1) is 18.6 Å². The summed E-state index contributed by atoms with van der Waals surface area (Å²) in [6.45, 7) is 1.48. The minimum Gasteiger partial charge on any atom is -0.496 e. The molecule has 0 aliphatic carbocycles. The first-order valence-electron chi connectivity index (χ1n) is 6.23. The predicted molar refractivity (Wildman–Crippen MR) is 77.1 cm³/mol. The molecule has 2 rings (SSSR count). The fourth-order valence-corrected chi connectivity index (χ4v) is 2.22. The number of hydrogen-bond donors (Lipinski definition) is 0. The Balaban J connectivity index is 2.34. The quantitative estimate of drug-likeness (QED) is 0.784. The van der Waals surface area contributed by atoms with Crippen molar-refractivity contribution >= 4 is 17.4 Å². The molecule has 5 heteroatoms. The van der Waals surface area contributed by atoms with E-state index in [1.807, 2.05) is 0 Å². The highest BCUT2D eigenvalue weighted by atomic mass is 35.5. The van der Waals surface area contributed by atoms with Gasteiger partial charge in [-0.2, -0.15) is 0 Å². The van der Waals surface area contributed by atoms with Gasteiger partial charge in [0.1, 0.15) is 17.4 Å². The van der Waals surface area contributed by atoms with Crippen molar-refractivity contribution < 1.29 is 18.3 Å². The minimum atomic E-state index is -0.871. The van der Waals surface area contributed by atoms with Crippen molar-refractivity contribution in [2.45, 2.75) is 13.3 Å². The van der Waals surface area contributed by atoms with Gasteiger partial charge in [-0.15, -0.1) is 0 Å². The number of methoxy groups -OCH3 is 1. The molecule has 0 heterocycles. The van der Waals surface area contributed by atoms with Crippen LogP contribution in [-0.2, 0) is 6.42 Å². The summed E-state index contributed by atoms with van der Waals surface area (Å²) in [5, 5.41) is 0.453. The Bertz CT molecular complexity index is 699. The van der Waals surface area contributed by atoms with E-state index in [4.69, 9.17) is 16.3 Å². The van der Waals surface area contributed by atoms with Gasteiger partial charge in [0.05, 0.1) is 12.7 Å². The smallest absolute Gasteiger partial charge is 0.170 e. The van der Waals surface area contributed by atoms with E-state index in [-0.39, 0.29) is 17.5 Å². The van der Waals surface area contributed by atoms with Crippen LogP contribution in [0.4, 0.5) is 8.78 Å². The summed E-state index contributed by atoms with van der Waals surface area (Å²) in [6, 6.07) is 6.79. The Morgan fingerprint density at radius 1 is 1.19 bits per heavy atom. The SMILES string of the molecule is COc1ccc(Cl)cc1CC(=O)c1cc(C)c(F)cc1F. The maximum absolute atomic E-state index is 13.7. The molecule has 0 atom stereocenters. The Morgan fingerprint density at radius 2 is 1.90 bits per heavy atom. The number of carbonyl (C=O) groups is 1. The van der Waals surface area contributed by atoms with Crippen molar-refractivity contribution in [2.24, 2.45) is 0 Å². The lowest BCUT2D eigenvalue weighted by molar-refractivity contribution is 0.0988. The van der Waals surface area contributed by atoms with Crippen LogP contribution in [0.5, 0.6) is 5.75 Å². The largest absolute Gasteiger partial charge is 0.496 e. The Kier molecular flexibility index (Phi) is 4.58. The van der Waals surface area contributed by atoms with Crippen LogP contribution in [0.1, 0.15) is 21.5 Å². The van der Waals surface area contributed by atoms with E-state index >= 15 is 0 Å². The summed E-state index contributed by atoms with van der Waals surface area (Å²) in [4.78, 5) is 12.2. The molecule has 0 radical (unpaired) electrons. The molecule has 0 spiro atoms. The van der Waals surface area contributed by atoms with Crippen LogP contribution >= 0.6 is 11.6 Å². The first-order chi connectivity index (χ1) is 9.92. The average molecular weight is 311 g/mol. The Morgan fingerprint density at radius 3 is 2.57 bits per heavy atom. The van der Waals surface area contributed by atoms with Gasteiger partial charge < -0.3 is 4.74 Å². The topological polar surface area (TPSA) is 26.3 Å². The molecule has 0 unspecified atom stereocenters. The minimum absolute atomic E-state index is 0.0777. The van der Waals surface area contributed by atoms with E-state index in [1.165, 1.54) is 20.1 Å². The molecule has 0 saturated heterocycles. The number of halogens is 3. The van der Waals surface area contributed by atoms with Gasteiger partial charge in [-0.1, -0.05) is 11.6 Å². The van der Waals surface area contributed by atoms with Gasteiger partial charge in [-0.3, -0.25) is 4.79 Å². The fourth-order valence-electron chi connectivity index (χ4n) is 2.02.